The Bertz CT molecular complexity index is 879. The van der Waals surface area contributed by atoms with E-state index in [2.05, 4.69) is 15.5 Å². The molecule has 0 aliphatic rings. The lowest BCUT2D eigenvalue weighted by Gasteiger charge is -2.21. The van der Waals surface area contributed by atoms with Crippen LogP contribution in [0, 0.1) is 9.39 Å². The SMILES string of the molecule is CN(CC(O)CO)C(=O)c1n[nH]c(=O)c(Cl)c1Nc1ccc(I)cc1F. The highest BCUT2D eigenvalue weighted by atomic mass is 127. The van der Waals surface area contributed by atoms with Crippen molar-refractivity contribution in [2.45, 2.75) is 6.10 Å². The van der Waals surface area contributed by atoms with Crippen LogP contribution < -0.4 is 10.9 Å². The van der Waals surface area contributed by atoms with Gasteiger partial charge in [-0.1, -0.05) is 11.6 Å². The van der Waals surface area contributed by atoms with Crippen LogP contribution in [0.3, 0.4) is 0 Å². The maximum Gasteiger partial charge on any atom is 0.285 e. The van der Waals surface area contributed by atoms with Crippen LogP contribution in [0.2, 0.25) is 5.02 Å². The van der Waals surface area contributed by atoms with Crippen molar-refractivity contribution in [2.75, 3.05) is 25.5 Å². The molecule has 1 aromatic carbocycles. The Kier molecular flexibility index (Phi) is 6.92. The summed E-state index contributed by atoms with van der Waals surface area (Å²) in [6.45, 7) is -0.707. The lowest BCUT2D eigenvalue weighted by molar-refractivity contribution is 0.0516. The average Bonchev–Trinajstić information content (AvgIpc) is 2.60. The highest BCUT2D eigenvalue weighted by Crippen LogP contribution is 2.28. The average molecular weight is 497 g/mol. The first-order valence-electron chi connectivity index (χ1n) is 7.29. The van der Waals surface area contributed by atoms with Gasteiger partial charge in [0, 0.05) is 17.2 Å². The molecule has 0 bridgehead atoms. The number of amides is 1. The van der Waals surface area contributed by atoms with Crippen LogP contribution in [0.15, 0.2) is 23.0 Å². The van der Waals surface area contributed by atoms with E-state index in [0.29, 0.717) is 3.57 Å². The van der Waals surface area contributed by atoms with Crippen molar-refractivity contribution in [3.05, 3.63) is 48.7 Å². The number of likely N-dealkylation sites (N-methyl/N-ethyl adjacent to an activating group) is 1. The van der Waals surface area contributed by atoms with E-state index < -0.39 is 30.0 Å². The number of aliphatic hydroxyl groups excluding tert-OH is 2. The van der Waals surface area contributed by atoms with Gasteiger partial charge in [-0.15, -0.1) is 0 Å². The van der Waals surface area contributed by atoms with Gasteiger partial charge < -0.3 is 20.4 Å². The number of nitrogens with one attached hydrogen (secondary N) is 2. The Morgan fingerprint density at radius 3 is 2.85 bits per heavy atom. The summed E-state index contributed by atoms with van der Waals surface area (Å²) < 4.78 is 14.8. The zero-order valence-corrected chi connectivity index (χ0v) is 16.4. The summed E-state index contributed by atoms with van der Waals surface area (Å²) in [7, 11) is 1.37. The fourth-order valence-corrected chi connectivity index (χ4v) is 2.69. The summed E-state index contributed by atoms with van der Waals surface area (Å²) in [5.41, 5.74) is -1.17. The normalized spacial score (nSPS) is 11.9. The minimum Gasteiger partial charge on any atom is -0.394 e. The third-order valence-electron chi connectivity index (χ3n) is 3.36. The van der Waals surface area contributed by atoms with Gasteiger partial charge in [-0.05, 0) is 40.8 Å². The number of anilines is 2. The van der Waals surface area contributed by atoms with E-state index in [4.69, 9.17) is 16.7 Å². The highest BCUT2D eigenvalue weighted by Gasteiger charge is 2.24. The van der Waals surface area contributed by atoms with Crippen molar-refractivity contribution in [1.82, 2.24) is 15.1 Å². The second-order valence-electron chi connectivity index (χ2n) is 5.36. The van der Waals surface area contributed by atoms with Gasteiger partial charge in [0.2, 0.25) is 0 Å². The molecule has 0 aliphatic carbocycles. The molecule has 140 valence electrons. The summed E-state index contributed by atoms with van der Waals surface area (Å²) in [6.07, 6.45) is -1.15. The first kappa shape index (κ1) is 20.6. The maximum absolute atomic E-state index is 14.1. The van der Waals surface area contributed by atoms with Crippen molar-refractivity contribution in [1.29, 1.82) is 0 Å². The smallest absolute Gasteiger partial charge is 0.285 e. The minimum atomic E-state index is -1.15. The van der Waals surface area contributed by atoms with E-state index in [1.807, 2.05) is 22.6 Å². The fourth-order valence-electron chi connectivity index (χ4n) is 2.06. The predicted molar refractivity (Wildman–Crippen MR) is 102 cm³/mol. The summed E-state index contributed by atoms with van der Waals surface area (Å²) in [5, 5.41) is 26.4. The molecule has 2 aromatic rings. The number of carbonyl (C=O) groups is 1. The Labute approximate surface area is 166 Å². The number of H-pyrrole nitrogens is 1. The molecule has 0 radical (unpaired) electrons. The van der Waals surface area contributed by atoms with E-state index in [-0.39, 0.29) is 28.6 Å². The van der Waals surface area contributed by atoms with Gasteiger partial charge in [-0.2, -0.15) is 5.10 Å². The third-order valence-corrected chi connectivity index (χ3v) is 4.39. The quantitative estimate of drug-likeness (QED) is 0.448. The van der Waals surface area contributed by atoms with Gasteiger partial charge in [-0.3, -0.25) is 9.59 Å². The van der Waals surface area contributed by atoms with Gasteiger partial charge in [0.05, 0.1) is 24.1 Å². The van der Waals surface area contributed by atoms with Crippen molar-refractivity contribution in [3.8, 4) is 0 Å². The molecule has 0 aliphatic heterocycles. The van der Waals surface area contributed by atoms with Crippen LogP contribution in [-0.2, 0) is 0 Å². The Morgan fingerprint density at radius 1 is 1.54 bits per heavy atom. The number of aromatic amines is 1. The van der Waals surface area contributed by atoms with Gasteiger partial charge in [-0.25, -0.2) is 9.49 Å². The molecule has 0 spiro atoms. The van der Waals surface area contributed by atoms with Gasteiger partial charge in [0.15, 0.2) is 5.69 Å². The molecule has 8 nitrogen and oxygen atoms in total. The van der Waals surface area contributed by atoms with E-state index in [1.165, 1.54) is 19.2 Å². The topological polar surface area (TPSA) is 119 Å². The monoisotopic (exact) mass is 496 g/mol. The molecule has 1 unspecified atom stereocenters. The van der Waals surface area contributed by atoms with Crippen molar-refractivity contribution < 1.29 is 19.4 Å². The lowest BCUT2D eigenvalue weighted by atomic mass is 10.2. The van der Waals surface area contributed by atoms with Crippen molar-refractivity contribution in [2.24, 2.45) is 0 Å². The van der Waals surface area contributed by atoms with E-state index >= 15 is 0 Å². The lowest BCUT2D eigenvalue weighted by Crippen LogP contribution is -2.37. The Morgan fingerprint density at radius 2 is 2.23 bits per heavy atom. The summed E-state index contributed by atoms with van der Waals surface area (Å²) in [4.78, 5) is 25.4. The molecular formula is C15H15ClFIN4O4. The molecule has 1 aromatic heterocycles. The van der Waals surface area contributed by atoms with Gasteiger partial charge in [0.1, 0.15) is 10.8 Å². The largest absolute Gasteiger partial charge is 0.394 e. The second kappa shape index (κ2) is 8.75. The van der Waals surface area contributed by atoms with Gasteiger partial charge in [0.25, 0.3) is 11.5 Å². The number of rotatable bonds is 6. The van der Waals surface area contributed by atoms with Crippen LogP contribution >= 0.6 is 34.2 Å². The van der Waals surface area contributed by atoms with E-state index in [9.17, 15) is 19.1 Å². The number of nitrogens with zero attached hydrogens (tertiary/aromatic N) is 2. The van der Waals surface area contributed by atoms with Crippen LogP contribution in [-0.4, -0.2) is 57.5 Å². The van der Waals surface area contributed by atoms with Crippen LogP contribution in [0.4, 0.5) is 15.8 Å². The van der Waals surface area contributed by atoms with E-state index in [1.54, 1.807) is 6.07 Å². The minimum absolute atomic E-state index is 0.00631. The second-order valence-corrected chi connectivity index (χ2v) is 6.99. The maximum atomic E-state index is 14.1. The molecule has 1 heterocycles. The number of carbonyl (C=O) groups excluding carboxylic acids is 1. The number of hydrogen-bond acceptors (Lipinski definition) is 6. The molecule has 2 rings (SSSR count). The number of hydrogen-bond donors (Lipinski definition) is 4. The number of halogens is 3. The molecule has 0 fully saturated rings. The molecule has 1 atom stereocenters. The number of aromatic nitrogens is 2. The molecule has 11 heteroatoms. The third kappa shape index (κ3) is 4.69. The fraction of sp³-hybridized carbons (Fsp3) is 0.267. The number of aliphatic hydroxyl groups is 2. The van der Waals surface area contributed by atoms with Crippen molar-refractivity contribution in [3.63, 3.8) is 0 Å². The highest BCUT2D eigenvalue weighted by molar-refractivity contribution is 14.1. The van der Waals surface area contributed by atoms with Crippen LogP contribution in [0.5, 0.6) is 0 Å². The summed E-state index contributed by atoms with van der Waals surface area (Å²) >= 11 is 7.92. The zero-order chi connectivity index (χ0) is 19.4. The summed E-state index contributed by atoms with van der Waals surface area (Å²) in [5.74, 6) is -1.29. The molecular weight excluding hydrogens is 482 g/mol. The van der Waals surface area contributed by atoms with E-state index in [0.717, 1.165) is 4.90 Å². The zero-order valence-electron chi connectivity index (χ0n) is 13.5. The Balaban J connectivity index is 2.43. The van der Waals surface area contributed by atoms with Gasteiger partial charge >= 0.3 is 0 Å². The van der Waals surface area contributed by atoms with Crippen LogP contribution in [0.1, 0.15) is 10.5 Å². The molecule has 26 heavy (non-hydrogen) atoms. The molecule has 1 amide bonds. The molecule has 0 saturated carbocycles. The van der Waals surface area contributed by atoms with Crippen LogP contribution in [0.25, 0.3) is 0 Å². The first-order chi connectivity index (χ1) is 12.2. The first-order valence-corrected chi connectivity index (χ1v) is 8.75. The Hall–Kier alpha value is -1.76. The van der Waals surface area contributed by atoms with Crippen molar-refractivity contribution >= 4 is 51.5 Å². The molecule has 0 saturated heterocycles. The molecule has 4 N–H and O–H groups in total. The predicted octanol–water partition coefficient (Wildman–Crippen LogP) is 1.34. The standard InChI is InChI=1S/C15H15ClFIN4O4/c1-22(5-8(24)6-23)15(26)13-12(11(16)14(25)21-20-13)19-10-3-2-7(18)4-9(10)17/h2-4,8,23-24H,5-6H2,1H3,(H2,19,21,25). The summed E-state index contributed by atoms with van der Waals surface area (Å²) in [6, 6.07) is 4.33. The number of benzene rings is 1.